The molecule has 0 spiro atoms. The first-order valence-electron chi connectivity index (χ1n) is 4.54. The summed E-state index contributed by atoms with van der Waals surface area (Å²) in [4.78, 5) is 1.98. The molecule has 1 fully saturated rings. The Bertz CT molecular complexity index is 342. The molecule has 0 atom stereocenters. The molecule has 1 aliphatic rings. The average Bonchev–Trinajstić information content (AvgIpc) is 2.79. The molecule has 0 bridgehead atoms. The first kappa shape index (κ1) is 9.40. The summed E-state index contributed by atoms with van der Waals surface area (Å²) in [5.74, 6) is 0.980. The number of nitrogens with zero attached hydrogens (tertiary/aromatic N) is 2. The standard InChI is InChI=1S/C9H11ClN2O2/c10-8-4-3-7(14-8)9(11-13)12-5-1-2-6-12/h3-4,13H,1-2,5-6H2/b11-9-. The zero-order chi connectivity index (χ0) is 9.97. The summed E-state index contributed by atoms with van der Waals surface area (Å²) in [5.41, 5.74) is 0. The minimum absolute atomic E-state index is 0.306. The molecule has 1 N–H and O–H groups in total. The van der Waals surface area contributed by atoms with E-state index in [1.165, 1.54) is 0 Å². The SMILES string of the molecule is O/N=C(/c1ccc(Cl)o1)N1CCCC1. The normalized spacial score (nSPS) is 17.8. The molecule has 1 aliphatic heterocycles. The van der Waals surface area contributed by atoms with Crippen molar-refractivity contribution in [3.8, 4) is 0 Å². The van der Waals surface area contributed by atoms with Crippen LogP contribution in [0.15, 0.2) is 21.7 Å². The minimum Gasteiger partial charge on any atom is -0.441 e. The lowest BCUT2D eigenvalue weighted by Crippen LogP contribution is -2.28. The fraction of sp³-hybridized carbons (Fsp3) is 0.444. The molecule has 1 saturated heterocycles. The summed E-state index contributed by atoms with van der Waals surface area (Å²) < 4.78 is 5.18. The highest BCUT2D eigenvalue weighted by Gasteiger charge is 2.20. The van der Waals surface area contributed by atoms with Crippen LogP contribution in [-0.4, -0.2) is 29.0 Å². The number of hydrogen-bond acceptors (Lipinski definition) is 3. The van der Waals surface area contributed by atoms with Crippen molar-refractivity contribution in [1.29, 1.82) is 0 Å². The second-order valence-corrected chi connectivity index (χ2v) is 3.59. The van der Waals surface area contributed by atoms with Crippen LogP contribution in [0.25, 0.3) is 0 Å². The molecule has 2 rings (SSSR count). The Labute approximate surface area is 86.8 Å². The molecular formula is C9H11ClN2O2. The van der Waals surface area contributed by atoms with Crippen LogP contribution in [0.1, 0.15) is 18.6 Å². The molecule has 4 nitrogen and oxygen atoms in total. The Morgan fingerprint density at radius 3 is 2.64 bits per heavy atom. The lowest BCUT2D eigenvalue weighted by Gasteiger charge is -2.15. The summed E-state index contributed by atoms with van der Waals surface area (Å²) in [6, 6.07) is 3.34. The van der Waals surface area contributed by atoms with Crippen LogP contribution < -0.4 is 0 Å². The highest BCUT2D eigenvalue weighted by atomic mass is 35.5. The van der Waals surface area contributed by atoms with Crippen molar-refractivity contribution in [2.24, 2.45) is 5.16 Å². The molecule has 0 aliphatic carbocycles. The lowest BCUT2D eigenvalue weighted by molar-refractivity contribution is 0.304. The topological polar surface area (TPSA) is 49.0 Å². The van der Waals surface area contributed by atoms with Gasteiger partial charge in [-0.05, 0) is 36.6 Å². The molecule has 0 amide bonds. The number of halogens is 1. The van der Waals surface area contributed by atoms with Crippen molar-refractivity contribution in [1.82, 2.24) is 4.90 Å². The molecule has 0 saturated carbocycles. The van der Waals surface area contributed by atoms with Crippen LogP contribution in [0.2, 0.25) is 5.22 Å². The van der Waals surface area contributed by atoms with Crippen LogP contribution in [0.5, 0.6) is 0 Å². The quantitative estimate of drug-likeness (QED) is 0.337. The average molecular weight is 215 g/mol. The largest absolute Gasteiger partial charge is 0.441 e. The van der Waals surface area contributed by atoms with Gasteiger partial charge >= 0.3 is 0 Å². The van der Waals surface area contributed by atoms with Crippen molar-refractivity contribution in [2.75, 3.05) is 13.1 Å². The molecule has 1 aromatic heterocycles. The van der Waals surface area contributed by atoms with Gasteiger partial charge in [-0.1, -0.05) is 5.16 Å². The highest BCUT2D eigenvalue weighted by Crippen LogP contribution is 2.18. The lowest BCUT2D eigenvalue weighted by atomic mass is 10.4. The van der Waals surface area contributed by atoms with Gasteiger partial charge in [-0.25, -0.2) is 0 Å². The highest BCUT2D eigenvalue weighted by molar-refractivity contribution is 6.29. The second kappa shape index (κ2) is 3.92. The van der Waals surface area contributed by atoms with Gasteiger partial charge in [-0.3, -0.25) is 0 Å². The van der Waals surface area contributed by atoms with Crippen LogP contribution >= 0.6 is 11.6 Å². The van der Waals surface area contributed by atoms with Crippen molar-refractivity contribution in [3.05, 3.63) is 23.1 Å². The fourth-order valence-electron chi connectivity index (χ4n) is 1.63. The smallest absolute Gasteiger partial charge is 0.211 e. The fourth-order valence-corrected chi connectivity index (χ4v) is 1.78. The van der Waals surface area contributed by atoms with E-state index in [0.717, 1.165) is 25.9 Å². The van der Waals surface area contributed by atoms with Gasteiger partial charge in [0, 0.05) is 13.1 Å². The van der Waals surface area contributed by atoms with Crippen molar-refractivity contribution in [2.45, 2.75) is 12.8 Å². The molecular weight excluding hydrogens is 204 g/mol. The monoisotopic (exact) mass is 214 g/mol. The van der Waals surface area contributed by atoms with E-state index < -0.39 is 0 Å². The third-order valence-corrected chi connectivity index (χ3v) is 2.50. The van der Waals surface area contributed by atoms with Crippen molar-refractivity contribution in [3.63, 3.8) is 0 Å². The Balaban J connectivity index is 2.21. The maximum atomic E-state index is 8.89. The molecule has 0 radical (unpaired) electrons. The zero-order valence-electron chi connectivity index (χ0n) is 7.61. The zero-order valence-corrected chi connectivity index (χ0v) is 8.37. The number of amidine groups is 1. The van der Waals surface area contributed by atoms with Gasteiger partial charge in [0.15, 0.2) is 11.0 Å². The Kier molecular flexibility index (Phi) is 2.63. The maximum absolute atomic E-state index is 8.89. The van der Waals surface area contributed by atoms with E-state index >= 15 is 0 Å². The minimum atomic E-state index is 0.306. The van der Waals surface area contributed by atoms with E-state index in [2.05, 4.69) is 5.16 Å². The first-order valence-corrected chi connectivity index (χ1v) is 4.92. The predicted molar refractivity (Wildman–Crippen MR) is 52.8 cm³/mol. The van der Waals surface area contributed by atoms with Gasteiger partial charge in [0.25, 0.3) is 0 Å². The molecule has 1 aromatic rings. The van der Waals surface area contributed by atoms with Gasteiger partial charge in [-0.2, -0.15) is 0 Å². The number of hydrogen-bond donors (Lipinski definition) is 1. The number of furan rings is 1. The van der Waals surface area contributed by atoms with E-state index in [4.69, 9.17) is 21.2 Å². The molecule has 76 valence electrons. The van der Waals surface area contributed by atoms with Gasteiger partial charge in [0.05, 0.1) is 0 Å². The number of oxime groups is 1. The Hall–Kier alpha value is -1.16. The van der Waals surface area contributed by atoms with Gasteiger partial charge in [0.1, 0.15) is 0 Å². The van der Waals surface area contributed by atoms with Crippen LogP contribution in [0.4, 0.5) is 0 Å². The summed E-state index contributed by atoms with van der Waals surface area (Å²) in [6.07, 6.45) is 2.24. The van der Waals surface area contributed by atoms with Gasteiger partial charge in [-0.15, -0.1) is 0 Å². The number of rotatable bonds is 1. The van der Waals surface area contributed by atoms with Crippen LogP contribution in [-0.2, 0) is 0 Å². The van der Waals surface area contributed by atoms with Crippen LogP contribution in [0, 0.1) is 0 Å². The Morgan fingerprint density at radius 2 is 2.14 bits per heavy atom. The summed E-state index contributed by atoms with van der Waals surface area (Å²) in [7, 11) is 0. The molecule has 0 aromatic carbocycles. The van der Waals surface area contributed by atoms with E-state index in [-0.39, 0.29) is 0 Å². The second-order valence-electron chi connectivity index (χ2n) is 3.22. The summed E-state index contributed by atoms with van der Waals surface area (Å²) >= 11 is 5.65. The van der Waals surface area contributed by atoms with Gasteiger partial charge in [0.2, 0.25) is 5.84 Å². The van der Waals surface area contributed by atoms with Crippen LogP contribution in [0.3, 0.4) is 0 Å². The van der Waals surface area contributed by atoms with Gasteiger partial charge < -0.3 is 14.5 Å². The summed E-state index contributed by atoms with van der Waals surface area (Å²) in [6.45, 7) is 1.80. The molecule has 5 heteroatoms. The maximum Gasteiger partial charge on any atom is 0.211 e. The predicted octanol–water partition coefficient (Wildman–Crippen LogP) is 2.16. The summed E-state index contributed by atoms with van der Waals surface area (Å²) in [5, 5.41) is 12.4. The molecule has 14 heavy (non-hydrogen) atoms. The Morgan fingerprint density at radius 1 is 1.43 bits per heavy atom. The molecule has 0 unspecified atom stereocenters. The first-order chi connectivity index (χ1) is 6.81. The third kappa shape index (κ3) is 1.70. The van der Waals surface area contributed by atoms with E-state index in [1.807, 2.05) is 4.90 Å². The van der Waals surface area contributed by atoms with Crippen molar-refractivity contribution < 1.29 is 9.62 Å². The third-order valence-electron chi connectivity index (χ3n) is 2.29. The van der Waals surface area contributed by atoms with Crippen molar-refractivity contribution >= 4 is 17.4 Å². The van der Waals surface area contributed by atoms with E-state index in [0.29, 0.717) is 16.8 Å². The van der Waals surface area contributed by atoms with E-state index in [9.17, 15) is 0 Å². The molecule has 2 heterocycles. The number of likely N-dealkylation sites (tertiary alicyclic amines) is 1. The van der Waals surface area contributed by atoms with E-state index in [1.54, 1.807) is 12.1 Å².